The third kappa shape index (κ3) is 3.02. The van der Waals surface area contributed by atoms with E-state index in [9.17, 15) is 14.9 Å². The van der Waals surface area contributed by atoms with Crippen molar-refractivity contribution in [1.29, 1.82) is 0 Å². The number of aromatic nitrogens is 2. The van der Waals surface area contributed by atoms with Crippen LogP contribution in [0.1, 0.15) is 17.4 Å². The zero-order valence-electron chi connectivity index (χ0n) is 12.7. The van der Waals surface area contributed by atoms with E-state index in [2.05, 4.69) is 4.98 Å². The van der Waals surface area contributed by atoms with Crippen LogP contribution in [0.3, 0.4) is 0 Å². The summed E-state index contributed by atoms with van der Waals surface area (Å²) in [6.45, 7) is 2.02. The summed E-state index contributed by atoms with van der Waals surface area (Å²) in [6.07, 6.45) is 3.08. The van der Waals surface area contributed by atoms with Crippen molar-refractivity contribution in [3.05, 3.63) is 64.6 Å². The Morgan fingerprint density at radius 3 is 2.67 bits per heavy atom. The number of nitro groups is 1. The third-order valence-electron chi connectivity index (χ3n) is 3.25. The number of nitrogens with zero attached hydrogens (tertiary/aromatic N) is 3. The van der Waals surface area contributed by atoms with Crippen molar-refractivity contribution in [1.82, 2.24) is 9.38 Å². The van der Waals surface area contributed by atoms with Crippen LogP contribution in [0.2, 0.25) is 0 Å². The van der Waals surface area contributed by atoms with Crippen LogP contribution in [-0.4, -0.2) is 26.9 Å². The predicted octanol–water partition coefficient (Wildman–Crippen LogP) is 3.21. The highest BCUT2D eigenvalue weighted by Gasteiger charge is 2.13. The number of rotatable bonds is 5. The molecule has 0 amide bonds. The van der Waals surface area contributed by atoms with Gasteiger partial charge in [0.25, 0.3) is 5.69 Å². The molecule has 0 N–H and O–H groups in total. The van der Waals surface area contributed by atoms with Gasteiger partial charge < -0.3 is 9.47 Å². The van der Waals surface area contributed by atoms with Crippen LogP contribution in [0.15, 0.2) is 48.8 Å². The maximum absolute atomic E-state index is 11.8. The van der Waals surface area contributed by atoms with Crippen LogP contribution in [0.4, 0.5) is 5.69 Å². The van der Waals surface area contributed by atoms with Gasteiger partial charge in [-0.2, -0.15) is 0 Å². The SMILES string of the molecule is CCOC(=O)c1cnc2cc(Oc3ccc([N+](=O)[O-])cc3)ccn12. The molecule has 0 bridgehead atoms. The lowest BCUT2D eigenvalue weighted by Crippen LogP contribution is -2.07. The number of imidazole rings is 1. The van der Waals surface area contributed by atoms with Gasteiger partial charge in [0, 0.05) is 24.4 Å². The van der Waals surface area contributed by atoms with Crippen LogP contribution in [0, 0.1) is 10.1 Å². The van der Waals surface area contributed by atoms with Gasteiger partial charge in [-0.15, -0.1) is 0 Å². The second-order valence-corrected chi connectivity index (χ2v) is 4.81. The van der Waals surface area contributed by atoms with Crippen LogP contribution in [0.5, 0.6) is 11.5 Å². The van der Waals surface area contributed by atoms with Gasteiger partial charge in [0.05, 0.1) is 17.7 Å². The number of nitro benzene ring substituents is 1. The van der Waals surface area contributed by atoms with Crippen molar-refractivity contribution in [2.24, 2.45) is 0 Å². The number of non-ortho nitro benzene ring substituents is 1. The Kier molecular flexibility index (Phi) is 4.11. The summed E-state index contributed by atoms with van der Waals surface area (Å²) in [5, 5.41) is 10.6. The van der Waals surface area contributed by atoms with E-state index in [1.807, 2.05) is 0 Å². The smallest absolute Gasteiger partial charge is 0.356 e. The minimum atomic E-state index is -0.475. The fourth-order valence-corrected chi connectivity index (χ4v) is 2.15. The number of carbonyl (C=O) groups excluding carboxylic acids is 1. The molecule has 0 saturated heterocycles. The molecule has 0 radical (unpaired) electrons. The molecule has 0 aliphatic carbocycles. The normalized spacial score (nSPS) is 10.5. The summed E-state index contributed by atoms with van der Waals surface area (Å²) in [7, 11) is 0. The Hall–Kier alpha value is -3.42. The van der Waals surface area contributed by atoms with E-state index in [0.29, 0.717) is 22.8 Å². The predicted molar refractivity (Wildman–Crippen MR) is 84.3 cm³/mol. The first-order valence-electron chi connectivity index (χ1n) is 7.15. The van der Waals surface area contributed by atoms with Crippen LogP contribution >= 0.6 is 0 Å². The summed E-state index contributed by atoms with van der Waals surface area (Å²) >= 11 is 0. The van der Waals surface area contributed by atoms with Gasteiger partial charge in [0.2, 0.25) is 0 Å². The average Bonchev–Trinajstić information content (AvgIpc) is 2.99. The van der Waals surface area contributed by atoms with Gasteiger partial charge in [-0.05, 0) is 25.1 Å². The Balaban J connectivity index is 1.83. The number of benzene rings is 1. The highest BCUT2D eigenvalue weighted by atomic mass is 16.6. The van der Waals surface area contributed by atoms with Crippen molar-refractivity contribution in [3.63, 3.8) is 0 Å². The fraction of sp³-hybridized carbons (Fsp3) is 0.125. The fourth-order valence-electron chi connectivity index (χ4n) is 2.15. The Morgan fingerprint density at radius 1 is 1.25 bits per heavy atom. The molecule has 3 aromatic rings. The van der Waals surface area contributed by atoms with Crippen molar-refractivity contribution < 1.29 is 19.2 Å². The maximum atomic E-state index is 11.8. The topological polar surface area (TPSA) is 96.0 Å². The molecule has 0 saturated carbocycles. The van der Waals surface area contributed by atoms with Crippen molar-refractivity contribution in [3.8, 4) is 11.5 Å². The van der Waals surface area contributed by atoms with Gasteiger partial charge in [-0.1, -0.05) is 0 Å². The number of fused-ring (bicyclic) bond motifs is 1. The summed E-state index contributed by atoms with van der Waals surface area (Å²) in [5.41, 5.74) is 0.844. The second-order valence-electron chi connectivity index (χ2n) is 4.81. The molecule has 0 fully saturated rings. The highest BCUT2D eigenvalue weighted by molar-refractivity contribution is 5.88. The molecule has 8 nitrogen and oxygen atoms in total. The lowest BCUT2D eigenvalue weighted by Gasteiger charge is -2.06. The molecule has 2 aromatic heterocycles. The molecule has 1 aromatic carbocycles. The summed E-state index contributed by atoms with van der Waals surface area (Å²) in [6, 6.07) is 9.07. The first-order chi connectivity index (χ1) is 11.6. The molecule has 2 heterocycles. The third-order valence-corrected chi connectivity index (χ3v) is 3.25. The molecule has 8 heteroatoms. The maximum Gasteiger partial charge on any atom is 0.356 e. The second kappa shape index (κ2) is 6.37. The number of hydrogen-bond acceptors (Lipinski definition) is 6. The van der Waals surface area contributed by atoms with Crippen LogP contribution < -0.4 is 4.74 Å². The Morgan fingerprint density at radius 2 is 2.00 bits per heavy atom. The number of pyridine rings is 1. The number of esters is 1. The molecular formula is C16H13N3O5. The lowest BCUT2D eigenvalue weighted by molar-refractivity contribution is -0.384. The van der Waals surface area contributed by atoms with Crippen LogP contribution in [0.25, 0.3) is 5.65 Å². The average molecular weight is 327 g/mol. The molecule has 0 aliphatic heterocycles. The van der Waals surface area contributed by atoms with E-state index in [4.69, 9.17) is 9.47 Å². The molecule has 3 rings (SSSR count). The first kappa shape index (κ1) is 15.5. The first-order valence-corrected chi connectivity index (χ1v) is 7.15. The number of ether oxygens (including phenoxy) is 2. The minimum Gasteiger partial charge on any atom is -0.461 e. The monoisotopic (exact) mass is 327 g/mol. The van der Waals surface area contributed by atoms with Crippen molar-refractivity contribution in [2.75, 3.05) is 6.61 Å². The van der Waals surface area contributed by atoms with Crippen molar-refractivity contribution >= 4 is 17.3 Å². The summed E-state index contributed by atoms with van der Waals surface area (Å²) in [4.78, 5) is 26.1. The summed E-state index contributed by atoms with van der Waals surface area (Å²) in [5.74, 6) is 0.508. The zero-order chi connectivity index (χ0) is 17.1. The Labute approximate surface area is 136 Å². The molecule has 0 aliphatic rings. The standard InChI is InChI=1S/C16H13N3O5/c1-2-23-16(20)14-10-17-15-9-13(7-8-18(14)15)24-12-5-3-11(4-6-12)19(21)22/h3-10H,2H2,1H3. The molecule has 24 heavy (non-hydrogen) atoms. The van der Waals surface area contributed by atoms with Gasteiger partial charge >= 0.3 is 5.97 Å². The lowest BCUT2D eigenvalue weighted by atomic mass is 10.3. The Bertz CT molecular complexity index is 902. The molecule has 0 spiro atoms. The van der Waals surface area contributed by atoms with Crippen molar-refractivity contribution in [2.45, 2.75) is 6.92 Å². The van der Waals surface area contributed by atoms with E-state index in [0.717, 1.165) is 0 Å². The molecular weight excluding hydrogens is 314 g/mol. The van der Waals surface area contributed by atoms with E-state index in [-0.39, 0.29) is 12.3 Å². The van der Waals surface area contributed by atoms with Gasteiger partial charge in [0.1, 0.15) is 17.1 Å². The van der Waals surface area contributed by atoms with E-state index >= 15 is 0 Å². The number of carbonyl (C=O) groups is 1. The van der Waals surface area contributed by atoms with E-state index in [1.165, 1.54) is 30.5 Å². The largest absolute Gasteiger partial charge is 0.461 e. The van der Waals surface area contributed by atoms with Crippen LogP contribution in [-0.2, 0) is 4.74 Å². The van der Waals surface area contributed by atoms with E-state index < -0.39 is 10.9 Å². The van der Waals surface area contributed by atoms with Gasteiger partial charge in [-0.25, -0.2) is 9.78 Å². The van der Waals surface area contributed by atoms with E-state index in [1.54, 1.807) is 29.7 Å². The highest BCUT2D eigenvalue weighted by Crippen LogP contribution is 2.25. The van der Waals surface area contributed by atoms with Gasteiger partial charge in [0.15, 0.2) is 5.69 Å². The molecule has 122 valence electrons. The quantitative estimate of drug-likeness (QED) is 0.405. The summed E-state index contributed by atoms with van der Waals surface area (Å²) < 4.78 is 12.2. The minimum absolute atomic E-state index is 0.00913. The zero-order valence-corrected chi connectivity index (χ0v) is 12.7. The molecule has 0 unspecified atom stereocenters. The van der Waals surface area contributed by atoms with Gasteiger partial charge in [-0.3, -0.25) is 14.5 Å². The molecule has 0 atom stereocenters. The number of hydrogen-bond donors (Lipinski definition) is 0.